The Kier molecular flexibility index (Phi) is 5.12. The fraction of sp³-hybridized carbons (Fsp3) is 0.250. The monoisotopic (exact) mass is 290 g/mol. The van der Waals surface area contributed by atoms with Crippen LogP contribution in [0, 0.1) is 11.8 Å². The highest BCUT2D eigenvalue weighted by Gasteiger charge is 2.31. The van der Waals surface area contributed by atoms with Crippen LogP contribution in [0.4, 0.5) is 13.2 Å². The van der Waals surface area contributed by atoms with Crippen LogP contribution in [0.1, 0.15) is 22.3 Å². The Morgan fingerprint density at radius 1 is 1.37 bits per heavy atom. The highest BCUT2D eigenvalue weighted by Crippen LogP contribution is 2.25. The van der Waals surface area contributed by atoms with E-state index in [1.165, 1.54) is 6.07 Å². The van der Waals surface area contributed by atoms with Crippen molar-refractivity contribution in [2.24, 2.45) is 0 Å². The maximum Gasteiger partial charge on any atom is 0.573 e. The summed E-state index contributed by atoms with van der Waals surface area (Å²) in [6.07, 6.45) is -4.44. The van der Waals surface area contributed by atoms with E-state index in [1.54, 1.807) is 0 Å². The summed E-state index contributed by atoms with van der Waals surface area (Å²) in [6, 6.07) is 3.00. The number of thiol groups is 1. The van der Waals surface area contributed by atoms with E-state index in [-0.39, 0.29) is 11.1 Å². The first-order valence-electron chi connectivity index (χ1n) is 5.05. The Bertz CT molecular complexity index is 529. The number of carboxylic acid groups (broad SMARTS) is 1. The van der Waals surface area contributed by atoms with E-state index in [9.17, 15) is 18.0 Å². The number of aromatic carboxylic acids is 1. The molecule has 0 aromatic heterocycles. The van der Waals surface area contributed by atoms with E-state index in [0.29, 0.717) is 12.2 Å². The van der Waals surface area contributed by atoms with Gasteiger partial charge in [0, 0.05) is 17.7 Å². The number of ether oxygens (including phenoxy) is 1. The number of benzene rings is 1. The van der Waals surface area contributed by atoms with Gasteiger partial charge in [-0.15, -0.1) is 13.2 Å². The standard InChI is InChI=1S/C12H9F3O3S/c13-12(14,15)18-10-6-8(3-1-2-4-19)5-9(7-10)11(16)17/h5-7,19H,2,4H2,(H,16,17). The molecule has 0 amide bonds. The van der Waals surface area contributed by atoms with Crippen molar-refractivity contribution >= 4 is 18.6 Å². The zero-order valence-corrected chi connectivity index (χ0v) is 10.4. The lowest BCUT2D eigenvalue weighted by Crippen LogP contribution is -2.17. The summed E-state index contributed by atoms with van der Waals surface area (Å²) in [5, 5.41) is 8.81. The second kappa shape index (κ2) is 6.38. The number of hydrogen-bond donors (Lipinski definition) is 2. The maximum atomic E-state index is 12.1. The predicted octanol–water partition coefficient (Wildman–Crippen LogP) is 2.95. The van der Waals surface area contributed by atoms with Gasteiger partial charge in [0.25, 0.3) is 0 Å². The first-order chi connectivity index (χ1) is 8.81. The highest BCUT2D eigenvalue weighted by molar-refractivity contribution is 7.80. The van der Waals surface area contributed by atoms with Crippen molar-refractivity contribution in [1.82, 2.24) is 0 Å². The molecular formula is C12H9F3O3S. The van der Waals surface area contributed by atoms with E-state index in [4.69, 9.17) is 5.11 Å². The Balaban J connectivity index is 3.12. The molecule has 0 fully saturated rings. The normalized spacial score (nSPS) is 10.5. The molecule has 0 atom stereocenters. The quantitative estimate of drug-likeness (QED) is 0.664. The van der Waals surface area contributed by atoms with Crippen LogP contribution in [-0.4, -0.2) is 23.2 Å². The Morgan fingerprint density at radius 2 is 2.05 bits per heavy atom. The lowest BCUT2D eigenvalue weighted by atomic mass is 10.1. The third kappa shape index (κ3) is 5.57. The number of carbonyl (C=O) groups is 1. The highest BCUT2D eigenvalue weighted by atomic mass is 32.1. The molecule has 0 aliphatic carbocycles. The van der Waals surface area contributed by atoms with E-state index < -0.39 is 18.1 Å². The second-order valence-corrected chi connectivity index (χ2v) is 3.82. The van der Waals surface area contributed by atoms with Gasteiger partial charge < -0.3 is 9.84 Å². The summed E-state index contributed by atoms with van der Waals surface area (Å²) in [7, 11) is 0. The van der Waals surface area contributed by atoms with E-state index in [0.717, 1.165) is 12.1 Å². The van der Waals surface area contributed by atoms with Gasteiger partial charge in [-0.2, -0.15) is 12.6 Å². The molecule has 102 valence electrons. The van der Waals surface area contributed by atoms with Crippen molar-refractivity contribution in [3.63, 3.8) is 0 Å². The SMILES string of the molecule is O=C(O)c1cc(C#CCCS)cc(OC(F)(F)F)c1. The van der Waals surface area contributed by atoms with Crippen molar-refractivity contribution in [3.8, 4) is 17.6 Å². The van der Waals surface area contributed by atoms with Crippen LogP contribution in [0.25, 0.3) is 0 Å². The molecule has 1 N–H and O–H groups in total. The van der Waals surface area contributed by atoms with Crippen molar-refractivity contribution in [3.05, 3.63) is 29.3 Å². The molecule has 0 aliphatic rings. The van der Waals surface area contributed by atoms with Crippen molar-refractivity contribution < 1.29 is 27.8 Å². The molecule has 0 heterocycles. The maximum absolute atomic E-state index is 12.1. The molecule has 0 saturated heterocycles. The van der Waals surface area contributed by atoms with Crippen LogP contribution in [0.2, 0.25) is 0 Å². The van der Waals surface area contributed by atoms with Crippen molar-refractivity contribution in [2.45, 2.75) is 12.8 Å². The lowest BCUT2D eigenvalue weighted by Gasteiger charge is -2.09. The molecular weight excluding hydrogens is 281 g/mol. The molecule has 0 radical (unpaired) electrons. The zero-order valence-electron chi connectivity index (χ0n) is 9.49. The van der Waals surface area contributed by atoms with E-state index >= 15 is 0 Å². The summed E-state index contributed by atoms with van der Waals surface area (Å²) in [4.78, 5) is 10.8. The first kappa shape index (κ1) is 15.2. The number of hydrogen-bond acceptors (Lipinski definition) is 3. The van der Waals surface area contributed by atoms with Crippen molar-refractivity contribution in [2.75, 3.05) is 5.75 Å². The average molecular weight is 290 g/mol. The molecule has 1 rings (SSSR count). The second-order valence-electron chi connectivity index (χ2n) is 3.37. The number of carboxylic acids is 1. The molecule has 0 aliphatic heterocycles. The van der Waals surface area contributed by atoms with E-state index in [2.05, 4.69) is 29.2 Å². The summed E-state index contributed by atoms with van der Waals surface area (Å²) in [5.74, 6) is 3.74. The smallest absolute Gasteiger partial charge is 0.478 e. The predicted molar refractivity (Wildman–Crippen MR) is 65.4 cm³/mol. The van der Waals surface area contributed by atoms with Gasteiger partial charge in [-0.3, -0.25) is 0 Å². The summed E-state index contributed by atoms with van der Waals surface area (Å²) >= 11 is 3.93. The molecule has 7 heteroatoms. The largest absolute Gasteiger partial charge is 0.573 e. The molecule has 0 unspecified atom stereocenters. The van der Waals surface area contributed by atoms with E-state index in [1.807, 2.05) is 0 Å². The van der Waals surface area contributed by atoms with Crippen LogP contribution in [0.5, 0.6) is 5.75 Å². The number of rotatable bonds is 3. The van der Waals surface area contributed by atoms with Crippen molar-refractivity contribution in [1.29, 1.82) is 0 Å². The van der Waals surface area contributed by atoms with Gasteiger partial charge in [-0.1, -0.05) is 11.8 Å². The molecule has 1 aromatic carbocycles. The summed E-state index contributed by atoms with van der Waals surface area (Å²) in [6.45, 7) is 0. The molecule has 3 nitrogen and oxygen atoms in total. The van der Waals surface area contributed by atoms with Gasteiger partial charge in [0.2, 0.25) is 0 Å². The fourth-order valence-corrected chi connectivity index (χ4v) is 1.32. The van der Waals surface area contributed by atoms with Crippen LogP contribution < -0.4 is 4.74 Å². The third-order valence-corrected chi connectivity index (χ3v) is 2.08. The third-order valence-electron chi connectivity index (χ3n) is 1.86. The van der Waals surface area contributed by atoms with Crippen LogP contribution in [0.3, 0.4) is 0 Å². The summed E-state index contributed by atoms with van der Waals surface area (Å²) in [5.41, 5.74) is -0.183. The minimum Gasteiger partial charge on any atom is -0.478 e. The van der Waals surface area contributed by atoms with Crippen LogP contribution in [0.15, 0.2) is 18.2 Å². The molecule has 0 spiro atoms. The number of alkyl halides is 3. The topological polar surface area (TPSA) is 46.5 Å². The molecule has 1 aromatic rings. The molecule has 19 heavy (non-hydrogen) atoms. The fourth-order valence-electron chi connectivity index (χ4n) is 1.21. The number of halogens is 3. The van der Waals surface area contributed by atoms with Crippen LogP contribution in [-0.2, 0) is 0 Å². The Hall–Kier alpha value is -1.81. The average Bonchev–Trinajstić information content (AvgIpc) is 2.26. The Morgan fingerprint density at radius 3 is 2.58 bits per heavy atom. The van der Waals surface area contributed by atoms with Gasteiger partial charge in [0.15, 0.2) is 0 Å². The van der Waals surface area contributed by atoms with Gasteiger partial charge in [-0.05, 0) is 18.2 Å². The minimum absolute atomic E-state index is 0.140. The van der Waals surface area contributed by atoms with Gasteiger partial charge in [0.05, 0.1) is 5.56 Å². The zero-order chi connectivity index (χ0) is 14.5. The Labute approximate surface area is 112 Å². The van der Waals surface area contributed by atoms with Gasteiger partial charge >= 0.3 is 12.3 Å². The minimum atomic E-state index is -4.88. The first-order valence-corrected chi connectivity index (χ1v) is 5.69. The summed E-state index contributed by atoms with van der Waals surface area (Å²) < 4.78 is 40.0. The van der Waals surface area contributed by atoms with Gasteiger partial charge in [0.1, 0.15) is 5.75 Å². The molecule has 0 saturated carbocycles. The molecule has 0 bridgehead atoms. The van der Waals surface area contributed by atoms with Gasteiger partial charge in [-0.25, -0.2) is 4.79 Å². The lowest BCUT2D eigenvalue weighted by molar-refractivity contribution is -0.274. The van der Waals surface area contributed by atoms with Crippen LogP contribution >= 0.6 is 12.6 Å².